The van der Waals surface area contributed by atoms with Gasteiger partial charge in [0.2, 0.25) is 5.01 Å². The van der Waals surface area contributed by atoms with E-state index in [-0.39, 0.29) is 17.2 Å². The van der Waals surface area contributed by atoms with Crippen molar-refractivity contribution in [2.45, 2.75) is 12.7 Å². The summed E-state index contributed by atoms with van der Waals surface area (Å²) >= 11 is 0.880. The van der Waals surface area contributed by atoms with Crippen LogP contribution in [0.15, 0.2) is 23.6 Å². The molecule has 1 aromatic heterocycles. The van der Waals surface area contributed by atoms with Gasteiger partial charge in [0.05, 0.1) is 23.5 Å². The minimum absolute atomic E-state index is 0.0813. The SMILES string of the molecule is O=C(O)c1nc(CNc2cc(C(F)(F)F)ccc2F)cs1. The van der Waals surface area contributed by atoms with Gasteiger partial charge in [-0.2, -0.15) is 13.2 Å². The molecule has 0 aliphatic rings. The van der Waals surface area contributed by atoms with Crippen LogP contribution < -0.4 is 5.32 Å². The van der Waals surface area contributed by atoms with E-state index < -0.39 is 23.5 Å². The lowest BCUT2D eigenvalue weighted by Crippen LogP contribution is -2.08. The van der Waals surface area contributed by atoms with Crippen LogP contribution >= 0.6 is 11.3 Å². The zero-order valence-corrected chi connectivity index (χ0v) is 11.1. The fourth-order valence-electron chi connectivity index (χ4n) is 1.51. The van der Waals surface area contributed by atoms with E-state index in [2.05, 4.69) is 10.3 Å². The molecule has 0 unspecified atom stereocenters. The molecule has 0 spiro atoms. The number of aromatic nitrogens is 1. The third kappa shape index (κ3) is 3.69. The summed E-state index contributed by atoms with van der Waals surface area (Å²) in [7, 11) is 0. The van der Waals surface area contributed by atoms with Crippen LogP contribution in [-0.4, -0.2) is 16.1 Å². The molecule has 21 heavy (non-hydrogen) atoms. The highest BCUT2D eigenvalue weighted by Crippen LogP contribution is 2.31. The number of carboxylic acids is 1. The molecule has 2 aromatic rings. The molecule has 4 nitrogen and oxygen atoms in total. The van der Waals surface area contributed by atoms with Gasteiger partial charge in [0.15, 0.2) is 0 Å². The zero-order valence-electron chi connectivity index (χ0n) is 10.2. The lowest BCUT2D eigenvalue weighted by molar-refractivity contribution is -0.137. The molecule has 0 atom stereocenters. The number of carboxylic acid groups (broad SMARTS) is 1. The molecule has 0 fully saturated rings. The highest BCUT2D eigenvalue weighted by atomic mass is 32.1. The van der Waals surface area contributed by atoms with Gasteiger partial charge in [0.1, 0.15) is 5.82 Å². The smallest absolute Gasteiger partial charge is 0.416 e. The van der Waals surface area contributed by atoms with E-state index in [4.69, 9.17) is 5.11 Å². The number of halogens is 4. The third-order valence-electron chi connectivity index (χ3n) is 2.49. The molecule has 0 bridgehead atoms. The first-order valence-corrected chi connectivity index (χ1v) is 6.43. The largest absolute Gasteiger partial charge is 0.476 e. The molecule has 112 valence electrons. The van der Waals surface area contributed by atoms with Crippen LogP contribution in [0.4, 0.5) is 23.2 Å². The van der Waals surface area contributed by atoms with E-state index in [0.717, 1.165) is 17.4 Å². The zero-order chi connectivity index (χ0) is 15.6. The Balaban J connectivity index is 2.13. The summed E-state index contributed by atoms with van der Waals surface area (Å²) < 4.78 is 51.0. The summed E-state index contributed by atoms with van der Waals surface area (Å²) in [6, 6.07) is 2.01. The quantitative estimate of drug-likeness (QED) is 0.845. The molecule has 0 radical (unpaired) electrons. The number of rotatable bonds is 4. The van der Waals surface area contributed by atoms with Gasteiger partial charge in [-0.25, -0.2) is 14.2 Å². The molecule has 1 heterocycles. The highest BCUT2D eigenvalue weighted by molar-refractivity contribution is 7.11. The maximum atomic E-state index is 13.5. The maximum absolute atomic E-state index is 13.5. The number of alkyl halides is 3. The second-order valence-electron chi connectivity index (χ2n) is 4.00. The summed E-state index contributed by atoms with van der Waals surface area (Å²) in [5, 5.41) is 12.5. The average Bonchev–Trinajstić information content (AvgIpc) is 2.85. The summed E-state index contributed by atoms with van der Waals surface area (Å²) in [6.07, 6.45) is -4.57. The Bertz CT molecular complexity index is 670. The first kappa shape index (κ1) is 15.2. The van der Waals surface area contributed by atoms with Gasteiger partial charge in [0, 0.05) is 5.38 Å². The van der Waals surface area contributed by atoms with Gasteiger partial charge in [-0.1, -0.05) is 0 Å². The van der Waals surface area contributed by atoms with E-state index in [1.54, 1.807) is 0 Å². The Kier molecular flexibility index (Phi) is 4.12. The fourth-order valence-corrected chi connectivity index (χ4v) is 2.16. The highest BCUT2D eigenvalue weighted by Gasteiger charge is 2.31. The van der Waals surface area contributed by atoms with Crippen molar-refractivity contribution in [2.24, 2.45) is 0 Å². The van der Waals surface area contributed by atoms with Crippen molar-refractivity contribution in [1.82, 2.24) is 4.98 Å². The predicted octanol–water partition coefficient (Wildman–Crippen LogP) is 3.61. The number of carbonyl (C=O) groups is 1. The minimum Gasteiger partial charge on any atom is -0.476 e. The summed E-state index contributed by atoms with van der Waals surface area (Å²) in [5.41, 5.74) is -1.00. The molecule has 0 aliphatic heterocycles. The van der Waals surface area contributed by atoms with Crippen LogP contribution in [0.5, 0.6) is 0 Å². The summed E-state index contributed by atoms with van der Waals surface area (Å²) in [6.45, 7) is -0.0813. The molecule has 0 amide bonds. The van der Waals surface area contributed by atoms with Gasteiger partial charge in [-0.05, 0) is 18.2 Å². The van der Waals surface area contributed by atoms with Gasteiger partial charge in [0.25, 0.3) is 0 Å². The van der Waals surface area contributed by atoms with Crippen molar-refractivity contribution >= 4 is 23.0 Å². The van der Waals surface area contributed by atoms with E-state index >= 15 is 0 Å². The number of anilines is 1. The van der Waals surface area contributed by atoms with Gasteiger partial charge in [-0.3, -0.25) is 0 Å². The molecule has 2 rings (SSSR count). The van der Waals surface area contributed by atoms with Crippen LogP contribution in [0.25, 0.3) is 0 Å². The maximum Gasteiger partial charge on any atom is 0.416 e. The number of benzene rings is 1. The van der Waals surface area contributed by atoms with Crippen molar-refractivity contribution in [3.8, 4) is 0 Å². The van der Waals surface area contributed by atoms with Gasteiger partial charge >= 0.3 is 12.1 Å². The van der Waals surface area contributed by atoms with Gasteiger partial charge < -0.3 is 10.4 Å². The van der Waals surface area contributed by atoms with Crippen molar-refractivity contribution in [2.75, 3.05) is 5.32 Å². The third-order valence-corrected chi connectivity index (χ3v) is 3.37. The second-order valence-corrected chi connectivity index (χ2v) is 4.85. The molecular formula is C12H8F4N2O2S. The Morgan fingerprint density at radius 2 is 2.10 bits per heavy atom. The number of thiazole rings is 1. The lowest BCUT2D eigenvalue weighted by atomic mass is 10.2. The summed E-state index contributed by atoms with van der Waals surface area (Å²) in [5.74, 6) is -2.03. The number of nitrogens with one attached hydrogen (secondary N) is 1. The number of hydrogen-bond acceptors (Lipinski definition) is 4. The lowest BCUT2D eigenvalue weighted by Gasteiger charge is -2.11. The first-order chi connectivity index (χ1) is 9.77. The minimum atomic E-state index is -4.57. The second kappa shape index (κ2) is 5.68. The fraction of sp³-hybridized carbons (Fsp3) is 0.167. The molecular weight excluding hydrogens is 312 g/mol. The molecule has 2 N–H and O–H groups in total. The molecule has 0 saturated carbocycles. The molecule has 1 aromatic carbocycles. The predicted molar refractivity (Wildman–Crippen MR) is 67.8 cm³/mol. The monoisotopic (exact) mass is 320 g/mol. The van der Waals surface area contributed by atoms with Crippen LogP contribution in [0, 0.1) is 5.82 Å². The molecule has 0 aliphatic carbocycles. The van der Waals surface area contributed by atoms with Crippen LogP contribution in [0.3, 0.4) is 0 Å². The Morgan fingerprint density at radius 3 is 2.67 bits per heavy atom. The van der Waals surface area contributed by atoms with Crippen molar-refractivity contribution in [3.63, 3.8) is 0 Å². The number of aromatic carboxylic acids is 1. The van der Waals surface area contributed by atoms with Crippen LogP contribution in [0.1, 0.15) is 21.1 Å². The van der Waals surface area contributed by atoms with E-state index in [1.807, 2.05) is 0 Å². The number of hydrogen-bond donors (Lipinski definition) is 2. The molecule has 0 saturated heterocycles. The number of nitrogens with zero attached hydrogens (tertiary/aromatic N) is 1. The Labute approximate surface area is 120 Å². The van der Waals surface area contributed by atoms with Crippen molar-refractivity contribution in [1.29, 1.82) is 0 Å². The normalized spacial score (nSPS) is 11.4. The first-order valence-electron chi connectivity index (χ1n) is 5.55. The van der Waals surface area contributed by atoms with Crippen molar-refractivity contribution in [3.05, 3.63) is 45.7 Å². The Hall–Kier alpha value is -2.16. The van der Waals surface area contributed by atoms with Gasteiger partial charge in [-0.15, -0.1) is 11.3 Å². The van der Waals surface area contributed by atoms with E-state index in [1.165, 1.54) is 5.38 Å². The van der Waals surface area contributed by atoms with Crippen LogP contribution in [-0.2, 0) is 12.7 Å². The van der Waals surface area contributed by atoms with Crippen molar-refractivity contribution < 1.29 is 27.5 Å². The standard InChI is InChI=1S/C12H8F4N2O2S/c13-8-2-1-6(12(14,15)16)3-9(8)17-4-7-5-21-10(18-7)11(19)20/h1-3,5,17H,4H2,(H,19,20). The average molecular weight is 320 g/mol. The summed E-state index contributed by atoms with van der Waals surface area (Å²) in [4.78, 5) is 14.4. The van der Waals surface area contributed by atoms with E-state index in [0.29, 0.717) is 17.8 Å². The Morgan fingerprint density at radius 1 is 1.38 bits per heavy atom. The topological polar surface area (TPSA) is 62.2 Å². The molecule has 9 heteroatoms. The van der Waals surface area contributed by atoms with Crippen LogP contribution in [0.2, 0.25) is 0 Å². The van der Waals surface area contributed by atoms with E-state index in [9.17, 15) is 22.4 Å².